The van der Waals surface area contributed by atoms with E-state index in [1.165, 1.54) is 0 Å². The van der Waals surface area contributed by atoms with Gasteiger partial charge in [0.15, 0.2) is 0 Å². The minimum Gasteiger partial charge on any atom is -0.342 e. The molecule has 1 aromatic heterocycles. The van der Waals surface area contributed by atoms with E-state index >= 15 is 0 Å². The number of aromatic nitrogens is 1. The summed E-state index contributed by atoms with van der Waals surface area (Å²) in [6.07, 6.45) is 0. The molecule has 0 atom stereocenters. The third-order valence-electron chi connectivity index (χ3n) is 3.33. The third-order valence-corrected chi connectivity index (χ3v) is 3.33. The van der Waals surface area contributed by atoms with Crippen molar-refractivity contribution < 1.29 is 4.79 Å². The van der Waals surface area contributed by atoms with E-state index in [0.717, 1.165) is 6.54 Å². The predicted molar refractivity (Wildman–Crippen MR) is 68.0 cm³/mol. The lowest BCUT2D eigenvalue weighted by atomic mass is 9.98. The van der Waals surface area contributed by atoms with Crippen molar-refractivity contribution in [1.29, 1.82) is 5.26 Å². The quantitative estimate of drug-likeness (QED) is 0.739. The van der Waals surface area contributed by atoms with Crippen molar-refractivity contribution in [2.45, 2.75) is 19.4 Å². The number of hydrogen-bond acceptors (Lipinski definition) is 4. The number of nitrogens with zero attached hydrogens (tertiary/aromatic N) is 4. The lowest BCUT2D eigenvalue weighted by molar-refractivity contribution is -0.136. The highest BCUT2D eigenvalue weighted by Crippen LogP contribution is 2.26. The average molecular weight is 244 g/mol. The largest absolute Gasteiger partial charge is 0.342 e. The van der Waals surface area contributed by atoms with Crippen molar-refractivity contribution in [3.8, 4) is 6.07 Å². The number of carbonyl (C=O) groups is 1. The summed E-state index contributed by atoms with van der Waals surface area (Å²) in [6.45, 7) is 5.15. The van der Waals surface area contributed by atoms with Crippen LogP contribution in [-0.4, -0.2) is 41.5 Å². The molecule has 0 N–H and O–H groups in total. The van der Waals surface area contributed by atoms with Gasteiger partial charge in [-0.1, -0.05) is 6.07 Å². The molecule has 1 aromatic rings. The zero-order valence-electron chi connectivity index (χ0n) is 10.8. The molecule has 5 heteroatoms. The lowest BCUT2D eigenvalue weighted by Gasteiger charge is -2.45. The Balaban J connectivity index is 2.38. The Morgan fingerprint density at radius 2 is 2.11 bits per heavy atom. The molecule has 1 fully saturated rings. The Morgan fingerprint density at radius 1 is 1.39 bits per heavy atom. The monoisotopic (exact) mass is 244 g/mol. The maximum absolute atomic E-state index is 12.2. The number of rotatable bonds is 1. The number of amides is 1. The first-order valence-corrected chi connectivity index (χ1v) is 5.87. The number of likely N-dealkylation sites (N-methyl/N-ethyl adjacent to an activating group) is 1. The van der Waals surface area contributed by atoms with Gasteiger partial charge in [0.2, 0.25) is 5.91 Å². The molecule has 0 saturated carbocycles. The SMILES string of the molecule is CN1CCN(c2cccc(C#N)n2)C(C)(C)C1=O. The van der Waals surface area contributed by atoms with E-state index in [1.807, 2.05) is 30.9 Å². The fraction of sp³-hybridized carbons (Fsp3) is 0.462. The molecule has 0 bridgehead atoms. The summed E-state index contributed by atoms with van der Waals surface area (Å²) < 4.78 is 0. The van der Waals surface area contributed by atoms with Gasteiger partial charge in [-0.05, 0) is 26.0 Å². The smallest absolute Gasteiger partial charge is 0.247 e. The van der Waals surface area contributed by atoms with E-state index in [-0.39, 0.29) is 5.91 Å². The number of carbonyl (C=O) groups excluding carboxylic acids is 1. The van der Waals surface area contributed by atoms with Gasteiger partial charge < -0.3 is 9.80 Å². The van der Waals surface area contributed by atoms with Crippen LogP contribution in [0, 0.1) is 11.3 Å². The van der Waals surface area contributed by atoms with Crippen LogP contribution in [0.15, 0.2) is 18.2 Å². The Labute approximate surface area is 107 Å². The lowest BCUT2D eigenvalue weighted by Crippen LogP contribution is -2.62. The molecule has 1 aliphatic rings. The Kier molecular flexibility index (Phi) is 2.95. The van der Waals surface area contributed by atoms with Crippen LogP contribution in [0.25, 0.3) is 0 Å². The number of piperazine rings is 1. The molecule has 0 spiro atoms. The Hall–Kier alpha value is -2.09. The van der Waals surface area contributed by atoms with Gasteiger partial charge >= 0.3 is 0 Å². The average Bonchev–Trinajstić information content (AvgIpc) is 2.36. The predicted octanol–water partition coefficient (Wildman–Crippen LogP) is 1.01. The summed E-state index contributed by atoms with van der Waals surface area (Å²) >= 11 is 0. The molecule has 1 saturated heterocycles. The molecule has 18 heavy (non-hydrogen) atoms. The number of nitriles is 1. The number of anilines is 1. The van der Waals surface area contributed by atoms with Gasteiger partial charge in [-0.2, -0.15) is 5.26 Å². The van der Waals surface area contributed by atoms with Crippen LogP contribution in [0.4, 0.5) is 5.82 Å². The summed E-state index contributed by atoms with van der Waals surface area (Å²) in [5.41, 5.74) is -0.261. The fourth-order valence-electron chi connectivity index (χ4n) is 2.25. The van der Waals surface area contributed by atoms with E-state index in [1.54, 1.807) is 24.1 Å². The van der Waals surface area contributed by atoms with Gasteiger partial charge in [-0.15, -0.1) is 0 Å². The second-order valence-corrected chi connectivity index (χ2v) is 4.93. The molecule has 0 unspecified atom stereocenters. The van der Waals surface area contributed by atoms with E-state index in [9.17, 15) is 4.79 Å². The maximum Gasteiger partial charge on any atom is 0.247 e. The summed E-state index contributed by atoms with van der Waals surface area (Å²) in [4.78, 5) is 20.1. The molecular formula is C13H16N4O. The van der Waals surface area contributed by atoms with Gasteiger partial charge in [0.05, 0.1) is 0 Å². The van der Waals surface area contributed by atoms with E-state index in [2.05, 4.69) is 4.98 Å². The molecule has 2 rings (SSSR count). The van der Waals surface area contributed by atoms with E-state index in [0.29, 0.717) is 18.1 Å². The summed E-state index contributed by atoms with van der Waals surface area (Å²) in [5, 5.41) is 8.88. The first kappa shape index (κ1) is 12.4. The second kappa shape index (κ2) is 4.30. The van der Waals surface area contributed by atoms with E-state index in [4.69, 9.17) is 5.26 Å². The first-order valence-electron chi connectivity index (χ1n) is 5.87. The third kappa shape index (κ3) is 1.90. The zero-order chi connectivity index (χ0) is 13.3. The van der Waals surface area contributed by atoms with Crippen LogP contribution >= 0.6 is 0 Å². The first-order chi connectivity index (χ1) is 8.46. The molecule has 0 radical (unpaired) electrons. The molecule has 1 aliphatic heterocycles. The maximum atomic E-state index is 12.2. The van der Waals surface area contributed by atoms with Crippen molar-refractivity contribution in [2.75, 3.05) is 25.0 Å². The highest BCUT2D eigenvalue weighted by atomic mass is 16.2. The summed E-state index contributed by atoms with van der Waals surface area (Å²) in [5.74, 6) is 0.749. The van der Waals surface area contributed by atoms with Crippen molar-refractivity contribution in [1.82, 2.24) is 9.88 Å². The zero-order valence-corrected chi connectivity index (χ0v) is 10.8. The molecule has 94 valence electrons. The van der Waals surface area contributed by atoms with Crippen molar-refractivity contribution in [2.24, 2.45) is 0 Å². The van der Waals surface area contributed by atoms with Gasteiger partial charge in [-0.25, -0.2) is 4.98 Å². The van der Waals surface area contributed by atoms with Crippen molar-refractivity contribution in [3.63, 3.8) is 0 Å². The fourth-order valence-corrected chi connectivity index (χ4v) is 2.25. The number of hydrogen-bond donors (Lipinski definition) is 0. The molecular weight excluding hydrogens is 228 g/mol. The van der Waals surface area contributed by atoms with Gasteiger partial charge in [0.25, 0.3) is 0 Å². The van der Waals surface area contributed by atoms with Crippen molar-refractivity contribution >= 4 is 11.7 Å². The standard InChI is InChI=1S/C13H16N4O/c1-13(2)12(18)16(3)7-8-17(13)11-6-4-5-10(9-14)15-11/h4-6H,7-8H2,1-3H3. The van der Waals surface area contributed by atoms with Crippen molar-refractivity contribution in [3.05, 3.63) is 23.9 Å². The minimum atomic E-state index is -0.631. The van der Waals surface area contributed by atoms with Gasteiger partial charge in [0, 0.05) is 20.1 Å². The Bertz CT molecular complexity index is 518. The summed E-state index contributed by atoms with van der Waals surface area (Å²) in [7, 11) is 1.81. The molecule has 5 nitrogen and oxygen atoms in total. The van der Waals surface area contributed by atoms with Gasteiger partial charge in [-0.3, -0.25) is 4.79 Å². The van der Waals surface area contributed by atoms with Crippen LogP contribution in [0.2, 0.25) is 0 Å². The van der Waals surface area contributed by atoms with Crippen LogP contribution in [0.5, 0.6) is 0 Å². The number of pyridine rings is 1. The van der Waals surface area contributed by atoms with Crippen LogP contribution < -0.4 is 4.90 Å². The van der Waals surface area contributed by atoms with Crippen LogP contribution in [0.1, 0.15) is 19.5 Å². The Morgan fingerprint density at radius 3 is 2.78 bits per heavy atom. The van der Waals surface area contributed by atoms with Gasteiger partial charge in [0.1, 0.15) is 23.1 Å². The van der Waals surface area contributed by atoms with Crippen LogP contribution in [-0.2, 0) is 4.79 Å². The normalized spacial score (nSPS) is 18.7. The topological polar surface area (TPSA) is 60.2 Å². The highest BCUT2D eigenvalue weighted by Gasteiger charge is 2.41. The highest BCUT2D eigenvalue weighted by molar-refractivity contribution is 5.90. The molecule has 0 aromatic carbocycles. The molecule has 2 heterocycles. The minimum absolute atomic E-state index is 0.0675. The summed E-state index contributed by atoms with van der Waals surface area (Å²) in [6, 6.07) is 7.31. The molecule has 0 aliphatic carbocycles. The van der Waals surface area contributed by atoms with E-state index < -0.39 is 5.54 Å². The second-order valence-electron chi connectivity index (χ2n) is 4.93. The van der Waals surface area contributed by atoms with Crippen LogP contribution in [0.3, 0.4) is 0 Å². The molecule has 1 amide bonds.